The fourth-order valence-electron chi connectivity index (χ4n) is 2.04. The van der Waals surface area contributed by atoms with E-state index in [0.29, 0.717) is 12.8 Å². The van der Waals surface area contributed by atoms with Gasteiger partial charge in [0.1, 0.15) is 0 Å². The van der Waals surface area contributed by atoms with Gasteiger partial charge in [-0.3, -0.25) is 10.1 Å². The molecule has 1 aliphatic carbocycles. The van der Waals surface area contributed by atoms with Crippen LogP contribution in [0.15, 0.2) is 48.6 Å². The first-order chi connectivity index (χ1) is 8.18. The lowest BCUT2D eigenvalue weighted by Gasteiger charge is -2.22. The summed E-state index contributed by atoms with van der Waals surface area (Å²) in [5, 5.41) is 11.1. The Kier molecular flexibility index (Phi) is 3.09. The van der Waals surface area contributed by atoms with Crippen LogP contribution in [-0.4, -0.2) is 10.5 Å². The zero-order chi connectivity index (χ0) is 12.3. The molecule has 1 unspecified atom stereocenters. The smallest absolute Gasteiger partial charge is 0.243 e. The Morgan fingerprint density at radius 1 is 1.35 bits per heavy atom. The topological polar surface area (TPSA) is 43.1 Å². The molecule has 88 valence electrons. The maximum Gasteiger partial charge on any atom is 0.243 e. The van der Waals surface area contributed by atoms with Gasteiger partial charge in [-0.25, -0.2) is 0 Å². The summed E-state index contributed by atoms with van der Waals surface area (Å²) in [6.45, 7) is 1.86. The maximum absolute atomic E-state index is 11.1. The summed E-state index contributed by atoms with van der Waals surface area (Å²) >= 11 is 0. The van der Waals surface area contributed by atoms with Gasteiger partial charge in [0.05, 0.1) is 0 Å². The van der Waals surface area contributed by atoms with E-state index >= 15 is 0 Å². The number of nitro groups is 1. The Hall–Kier alpha value is -1.90. The van der Waals surface area contributed by atoms with Crippen LogP contribution < -0.4 is 0 Å². The van der Waals surface area contributed by atoms with E-state index in [1.54, 1.807) is 6.08 Å². The van der Waals surface area contributed by atoms with Gasteiger partial charge in [0, 0.05) is 17.8 Å². The highest BCUT2D eigenvalue weighted by Gasteiger charge is 2.38. The Balaban J connectivity index is 2.25. The summed E-state index contributed by atoms with van der Waals surface area (Å²) in [7, 11) is 0. The fraction of sp³-hybridized carbons (Fsp3) is 0.286. The molecule has 0 radical (unpaired) electrons. The number of benzene rings is 1. The second-order valence-corrected chi connectivity index (χ2v) is 4.28. The average Bonchev–Trinajstić information content (AvgIpc) is 2.39. The van der Waals surface area contributed by atoms with Crippen molar-refractivity contribution in [1.82, 2.24) is 0 Å². The molecule has 0 fully saturated rings. The van der Waals surface area contributed by atoms with Crippen molar-refractivity contribution in [3.05, 3.63) is 64.2 Å². The largest absolute Gasteiger partial charge is 0.264 e. The SMILES string of the molecule is CCC1([N+](=O)[O-])C=CC(c2ccccc2)=CC1. The summed E-state index contributed by atoms with van der Waals surface area (Å²) in [5.74, 6) is 0. The predicted molar refractivity (Wildman–Crippen MR) is 68.2 cm³/mol. The lowest BCUT2D eigenvalue weighted by Crippen LogP contribution is -2.35. The second-order valence-electron chi connectivity index (χ2n) is 4.28. The van der Waals surface area contributed by atoms with Crippen molar-refractivity contribution < 1.29 is 4.92 Å². The minimum absolute atomic E-state index is 0.179. The van der Waals surface area contributed by atoms with Crippen LogP contribution in [-0.2, 0) is 0 Å². The van der Waals surface area contributed by atoms with Crippen molar-refractivity contribution in [2.75, 3.05) is 0 Å². The Morgan fingerprint density at radius 2 is 2.06 bits per heavy atom. The monoisotopic (exact) mass is 229 g/mol. The third kappa shape index (κ3) is 2.13. The molecular weight excluding hydrogens is 214 g/mol. The van der Waals surface area contributed by atoms with Crippen molar-refractivity contribution in [1.29, 1.82) is 0 Å². The van der Waals surface area contributed by atoms with Crippen LogP contribution >= 0.6 is 0 Å². The fourth-order valence-corrected chi connectivity index (χ4v) is 2.04. The van der Waals surface area contributed by atoms with E-state index in [-0.39, 0.29) is 4.92 Å². The van der Waals surface area contributed by atoms with Crippen LogP contribution in [0.5, 0.6) is 0 Å². The van der Waals surface area contributed by atoms with E-state index < -0.39 is 5.54 Å². The van der Waals surface area contributed by atoms with Crippen molar-refractivity contribution in [2.24, 2.45) is 0 Å². The van der Waals surface area contributed by atoms with Gasteiger partial charge in [-0.15, -0.1) is 0 Å². The standard InChI is InChI=1S/C14H15NO2/c1-2-14(15(16)17)10-8-13(9-11-14)12-6-4-3-5-7-12/h3-10H,2,11H2,1H3. The van der Waals surface area contributed by atoms with Crippen molar-refractivity contribution in [2.45, 2.75) is 25.3 Å². The molecule has 3 nitrogen and oxygen atoms in total. The molecule has 0 heterocycles. The van der Waals surface area contributed by atoms with Crippen LogP contribution in [0.25, 0.3) is 5.57 Å². The highest BCUT2D eigenvalue weighted by atomic mass is 16.6. The van der Waals surface area contributed by atoms with E-state index in [4.69, 9.17) is 0 Å². The number of rotatable bonds is 3. The van der Waals surface area contributed by atoms with Crippen molar-refractivity contribution in [3.8, 4) is 0 Å². The molecule has 17 heavy (non-hydrogen) atoms. The van der Waals surface area contributed by atoms with Gasteiger partial charge in [-0.2, -0.15) is 0 Å². The molecule has 0 N–H and O–H groups in total. The van der Waals surface area contributed by atoms with E-state index in [2.05, 4.69) is 0 Å². The molecule has 0 aromatic heterocycles. The Labute approximate surface area is 101 Å². The molecule has 0 spiro atoms. The van der Waals surface area contributed by atoms with Gasteiger partial charge < -0.3 is 0 Å². The molecule has 1 atom stereocenters. The molecule has 1 aliphatic rings. The third-order valence-corrected chi connectivity index (χ3v) is 3.33. The molecule has 3 heteroatoms. The first-order valence-electron chi connectivity index (χ1n) is 5.77. The number of allylic oxidation sites excluding steroid dienone is 2. The van der Waals surface area contributed by atoms with E-state index in [1.165, 1.54) is 0 Å². The molecule has 0 amide bonds. The molecule has 0 bridgehead atoms. The Morgan fingerprint density at radius 3 is 2.53 bits per heavy atom. The molecule has 1 aromatic carbocycles. The van der Waals surface area contributed by atoms with Gasteiger partial charge >= 0.3 is 0 Å². The van der Waals surface area contributed by atoms with Crippen molar-refractivity contribution in [3.63, 3.8) is 0 Å². The summed E-state index contributed by atoms with van der Waals surface area (Å²) < 4.78 is 0. The quantitative estimate of drug-likeness (QED) is 0.588. The second kappa shape index (κ2) is 4.53. The molecule has 0 aliphatic heterocycles. The highest BCUT2D eigenvalue weighted by molar-refractivity contribution is 5.75. The molecule has 0 saturated heterocycles. The molecule has 0 saturated carbocycles. The van der Waals surface area contributed by atoms with E-state index in [0.717, 1.165) is 11.1 Å². The van der Waals surface area contributed by atoms with Crippen LogP contribution in [0.1, 0.15) is 25.3 Å². The predicted octanol–water partition coefficient (Wildman–Crippen LogP) is 3.46. The van der Waals surface area contributed by atoms with Gasteiger partial charge in [-0.05, 0) is 17.2 Å². The third-order valence-electron chi connectivity index (χ3n) is 3.33. The zero-order valence-corrected chi connectivity index (χ0v) is 9.80. The lowest BCUT2D eigenvalue weighted by molar-refractivity contribution is -0.555. The number of hydrogen-bond acceptors (Lipinski definition) is 2. The zero-order valence-electron chi connectivity index (χ0n) is 9.80. The van der Waals surface area contributed by atoms with Crippen LogP contribution in [0.2, 0.25) is 0 Å². The normalized spacial score (nSPS) is 23.2. The van der Waals surface area contributed by atoms with Gasteiger partial charge in [0.25, 0.3) is 0 Å². The molecule has 2 rings (SSSR count). The summed E-state index contributed by atoms with van der Waals surface area (Å²) in [6.07, 6.45) is 6.55. The summed E-state index contributed by atoms with van der Waals surface area (Å²) in [6, 6.07) is 9.94. The minimum atomic E-state index is -0.904. The lowest BCUT2D eigenvalue weighted by atomic mass is 9.85. The van der Waals surface area contributed by atoms with Crippen LogP contribution in [0.3, 0.4) is 0 Å². The summed E-state index contributed by atoms with van der Waals surface area (Å²) in [5.41, 5.74) is 1.27. The highest BCUT2D eigenvalue weighted by Crippen LogP contribution is 2.31. The summed E-state index contributed by atoms with van der Waals surface area (Å²) in [4.78, 5) is 10.9. The number of hydrogen-bond donors (Lipinski definition) is 0. The first-order valence-corrected chi connectivity index (χ1v) is 5.77. The van der Waals surface area contributed by atoms with Crippen LogP contribution in [0.4, 0.5) is 0 Å². The van der Waals surface area contributed by atoms with Crippen molar-refractivity contribution >= 4 is 5.57 Å². The number of nitrogens with zero attached hydrogens (tertiary/aromatic N) is 1. The van der Waals surface area contributed by atoms with Gasteiger partial charge in [0.15, 0.2) is 0 Å². The minimum Gasteiger partial charge on any atom is -0.264 e. The first kappa shape index (κ1) is 11.6. The Bertz CT molecular complexity index is 476. The van der Waals surface area contributed by atoms with E-state index in [9.17, 15) is 10.1 Å². The van der Waals surface area contributed by atoms with E-state index in [1.807, 2.05) is 49.4 Å². The van der Waals surface area contributed by atoms with Gasteiger partial charge in [0.2, 0.25) is 5.54 Å². The van der Waals surface area contributed by atoms with Gasteiger partial charge in [-0.1, -0.05) is 49.4 Å². The molecular formula is C14H15NO2. The van der Waals surface area contributed by atoms with Crippen LogP contribution in [0, 0.1) is 10.1 Å². The molecule has 1 aromatic rings. The maximum atomic E-state index is 11.1. The average molecular weight is 229 g/mol.